The molecular formula is C13H9BrFNO2. The van der Waals surface area contributed by atoms with Gasteiger partial charge >= 0.3 is 0 Å². The zero-order valence-electron chi connectivity index (χ0n) is 9.45. The predicted molar refractivity (Wildman–Crippen MR) is 68.2 cm³/mol. The van der Waals surface area contributed by atoms with E-state index >= 15 is 0 Å². The van der Waals surface area contributed by atoms with Crippen molar-refractivity contribution in [3.63, 3.8) is 0 Å². The fourth-order valence-corrected chi connectivity index (χ4v) is 1.87. The van der Waals surface area contributed by atoms with E-state index in [0.717, 1.165) is 0 Å². The summed E-state index contributed by atoms with van der Waals surface area (Å²) in [5.41, 5.74) is 0.850. The van der Waals surface area contributed by atoms with Gasteiger partial charge in [-0.2, -0.15) is 0 Å². The molecule has 3 nitrogen and oxygen atoms in total. The lowest BCUT2D eigenvalue weighted by molar-refractivity contribution is 0.103. The van der Waals surface area contributed by atoms with Crippen molar-refractivity contribution in [2.24, 2.45) is 0 Å². The molecule has 1 N–H and O–H groups in total. The molecule has 2 rings (SSSR count). The van der Waals surface area contributed by atoms with Crippen molar-refractivity contribution in [2.75, 3.05) is 0 Å². The number of hydrogen-bond acceptors (Lipinski definition) is 3. The van der Waals surface area contributed by atoms with E-state index in [1.807, 2.05) is 0 Å². The van der Waals surface area contributed by atoms with E-state index in [9.17, 15) is 14.3 Å². The number of aryl methyl sites for hydroxylation is 1. The molecule has 18 heavy (non-hydrogen) atoms. The summed E-state index contributed by atoms with van der Waals surface area (Å²) >= 11 is 3.01. The maximum atomic E-state index is 13.1. The highest BCUT2D eigenvalue weighted by Gasteiger charge is 2.16. The highest BCUT2D eigenvalue weighted by atomic mass is 79.9. The van der Waals surface area contributed by atoms with Crippen LogP contribution in [0.25, 0.3) is 0 Å². The van der Waals surface area contributed by atoms with Gasteiger partial charge in [-0.3, -0.25) is 4.79 Å². The van der Waals surface area contributed by atoms with Crippen LogP contribution in [-0.4, -0.2) is 15.9 Å². The molecule has 0 saturated carbocycles. The molecule has 1 aromatic carbocycles. The van der Waals surface area contributed by atoms with Gasteiger partial charge in [-0.1, -0.05) is 0 Å². The van der Waals surface area contributed by atoms with Crippen molar-refractivity contribution in [2.45, 2.75) is 6.92 Å². The van der Waals surface area contributed by atoms with Crippen LogP contribution in [0.2, 0.25) is 0 Å². The maximum absolute atomic E-state index is 13.1. The molecular weight excluding hydrogens is 301 g/mol. The lowest BCUT2D eigenvalue weighted by Gasteiger charge is -2.05. The molecule has 0 atom stereocenters. The summed E-state index contributed by atoms with van der Waals surface area (Å²) in [5.74, 6) is -1.09. The molecule has 1 aromatic heterocycles. The van der Waals surface area contributed by atoms with Crippen molar-refractivity contribution in [3.8, 4) is 5.75 Å². The van der Waals surface area contributed by atoms with E-state index in [-0.39, 0.29) is 21.5 Å². The molecule has 0 aliphatic rings. The molecule has 0 unspecified atom stereocenters. The van der Waals surface area contributed by atoms with Crippen LogP contribution in [0.5, 0.6) is 5.75 Å². The SMILES string of the molecule is Cc1ccc(O)c(C(=O)c2ccc(F)c(Br)c2)n1. The minimum absolute atomic E-state index is 0.0338. The Bertz CT molecular complexity index is 628. The fraction of sp³-hybridized carbons (Fsp3) is 0.0769. The van der Waals surface area contributed by atoms with Gasteiger partial charge < -0.3 is 5.11 Å². The number of carbonyl (C=O) groups is 1. The van der Waals surface area contributed by atoms with Crippen LogP contribution in [0.4, 0.5) is 4.39 Å². The summed E-state index contributed by atoms with van der Waals surface area (Å²) in [6.07, 6.45) is 0. The maximum Gasteiger partial charge on any atom is 0.215 e. The molecule has 0 bridgehead atoms. The first-order chi connectivity index (χ1) is 8.49. The third-order valence-corrected chi connectivity index (χ3v) is 3.02. The molecule has 0 aliphatic carbocycles. The van der Waals surface area contributed by atoms with Gasteiger partial charge in [0, 0.05) is 11.3 Å². The van der Waals surface area contributed by atoms with Gasteiger partial charge in [-0.25, -0.2) is 9.37 Å². The largest absolute Gasteiger partial charge is 0.506 e. The van der Waals surface area contributed by atoms with Gasteiger partial charge in [-0.05, 0) is 53.2 Å². The predicted octanol–water partition coefficient (Wildman–Crippen LogP) is 3.23. The van der Waals surface area contributed by atoms with Gasteiger partial charge in [0.1, 0.15) is 11.6 Å². The Morgan fingerprint density at radius 2 is 2.06 bits per heavy atom. The molecule has 2 aromatic rings. The van der Waals surface area contributed by atoms with Gasteiger partial charge in [0.25, 0.3) is 0 Å². The average molecular weight is 310 g/mol. The highest BCUT2D eigenvalue weighted by molar-refractivity contribution is 9.10. The van der Waals surface area contributed by atoms with Crippen LogP contribution in [0.15, 0.2) is 34.8 Å². The first-order valence-corrected chi connectivity index (χ1v) is 5.94. The molecule has 1 heterocycles. The van der Waals surface area contributed by atoms with Crippen LogP contribution in [0.1, 0.15) is 21.7 Å². The summed E-state index contributed by atoms with van der Waals surface area (Å²) in [6, 6.07) is 6.91. The second-order valence-electron chi connectivity index (χ2n) is 3.78. The van der Waals surface area contributed by atoms with Crippen LogP contribution in [0, 0.1) is 12.7 Å². The summed E-state index contributed by atoms with van der Waals surface area (Å²) in [5, 5.41) is 9.62. The number of pyridine rings is 1. The zero-order valence-corrected chi connectivity index (χ0v) is 11.0. The van der Waals surface area contributed by atoms with E-state index < -0.39 is 11.6 Å². The minimum Gasteiger partial charge on any atom is -0.506 e. The van der Waals surface area contributed by atoms with Crippen molar-refractivity contribution in [3.05, 3.63) is 57.6 Å². The number of nitrogens with zero attached hydrogens (tertiary/aromatic N) is 1. The first-order valence-electron chi connectivity index (χ1n) is 5.15. The van der Waals surface area contributed by atoms with Gasteiger partial charge in [-0.15, -0.1) is 0 Å². The van der Waals surface area contributed by atoms with Crippen molar-refractivity contribution in [1.29, 1.82) is 0 Å². The number of benzene rings is 1. The standard InChI is InChI=1S/C13H9BrFNO2/c1-7-2-5-11(17)12(16-7)13(18)8-3-4-10(15)9(14)6-8/h2-6,17H,1H3. The normalized spacial score (nSPS) is 10.4. The number of rotatable bonds is 2. The lowest BCUT2D eigenvalue weighted by atomic mass is 10.1. The first kappa shape index (κ1) is 12.7. The quantitative estimate of drug-likeness (QED) is 0.867. The number of aromatic nitrogens is 1. The highest BCUT2D eigenvalue weighted by Crippen LogP contribution is 2.22. The molecule has 0 saturated heterocycles. The Kier molecular flexibility index (Phi) is 3.43. The topological polar surface area (TPSA) is 50.2 Å². The molecule has 0 aliphatic heterocycles. The third-order valence-electron chi connectivity index (χ3n) is 2.41. The van der Waals surface area contributed by atoms with E-state index in [1.54, 1.807) is 13.0 Å². The average Bonchev–Trinajstić information content (AvgIpc) is 2.35. The second kappa shape index (κ2) is 4.86. The fourth-order valence-electron chi connectivity index (χ4n) is 1.49. The van der Waals surface area contributed by atoms with Crippen molar-refractivity contribution in [1.82, 2.24) is 4.98 Å². The second-order valence-corrected chi connectivity index (χ2v) is 4.63. The van der Waals surface area contributed by atoms with E-state index in [2.05, 4.69) is 20.9 Å². The molecule has 92 valence electrons. The molecule has 0 spiro atoms. The van der Waals surface area contributed by atoms with Crippen LogP contribution in [-0.2, 0) is 0 Å². The Labute approximate surface area is 111 Å². The summed E-state index contributed by atoms with van der Waals surface area (Å²) in [6.45, 7) is 1.72. The summed E-state index contributed by atoms with van der Waals surface area (Å²) < 4.78 is 13.3. The molecule has 0 amide bonds. The monoisotopic (exact) mass is 309 g/mol. The third kappa shape index (κ3) is 2.41. The van der Waals surface area contributed by atoms with E-state index in [0.29, 0.717) is 5.69 Å². The van der Waals surface area contributed by atoms with Crippen LogP contribution < -0.4 is 0 Å². The van der Waals surface area contributed by atoms with Crippen LogP contribution in [0.3, 0.4) is 0 Å². The number of ketones is 1. The Hall–Kier alpha value is -1.75. The molecule has 0 fully saturated rings. The summed E-state index contributed by atoms with van der Waals surface area (Å²) in [4.78, 5) is 16.1. The number of halogens is 2. The lowest BCUT2D eigenvalue weighted by Crippen LogP contribution is -2.05. The zero-order chi connectivity index (χ0) is 13.3. The number of hydrogen-bond donors (Lipinski definition) is 1. The minimum atomic E-state index is -0.451. The number of carbonyl (C=O) groups excluding carboxylic acids is 1. The Morgan fingerprint density at radius 1 is 1.33 bits per heavy atom. The van der Waals surface area contributed by atoms with E-state index in [1.165, 1.54) is 24.3 Å². The Balaban J connectivity index is 2.47. The summed E-state index contributed by atoms with van der Waals surface area (Å²) in [7, 11) is 0. The molecule has 5 heteroatoms. The van der Waals surface area contributed by atoms with Gasteiger partial charge in [0.15, 0.2) is 5.69 Å². The molecule has 0 radical (unpaired) electrons. The van der Waals surface area contributed by atoms with Gasteiger partial charge in [0.05, 0.1) is 4.47 Å². The van der Waals surface area contributed by atoms with Crippen molar-refractivity contribution >= 4 is 21.7 Å². The smallest absolute Gasteiger partial charge is 0.215 e. The Morgan fingerprint density at radius 3 is 2.72 bits per heavy atom. The van der Waals surface area contributed by atoms with Crippen molar-refractivity contribution < 1.29 is 14.3 Å². The van der Waals surface area contributed by atoms with Gasteiger partial charge in [0.2, 0.25) is 5.78 Å². The van der Waals surface area contributed by atoms with E-state index in [4.69, 9.17) is 0 Å². The number of aromatic hydroxyl groups is 1. The van der Waals surface area contributed by atoms with Crippen LogP contribution >= 0.6 is 15.9 Å².